The van der Waals surface area contributed by atoms with Crippen molar-refractivity contribution >= 4 is 21.6 Å². The molecule has 0 aliphatic rings. The number of hydrogen-bond donors (Lipinski definition) is 1. The number of anilines is 1. The van der Waals surface area contributed by atoms with E-state index in [2.05, 4.69) is 27.3 Å². The Labute approximate surface area is 127 Å². The van der Waals surface area contributed by atoms with Gasteiger partial charge in [-0.3, -0.25) is 0 Å². The summed E-state index contributed by atoms with van der Waals surface area (Å²) in [6.07, 6.45) is 0. The molecular formula is C16H15BrN2O. The summed E-state index contributed by atoms with van der Waals surface area (Å²) in [6.45, 7) is 2.69. The van der Waals surface area contributed by atoms with E-state index in [4.69, 9.17) is 10.00 Å². The van der Waals surface area contributed by atoms with Gasteiger partial charge in [-0.2, -0.15) is 5.26 Å². The highest BCUT2D eigenvalue weighted by atomic mass is 79.9. The summed E-state index contributed by atoms with van der Waals surface area (Å²) in [5.41, 5.74) is 3.88. The molecule has 4 heteroatoms. The molecular weight excluding hydrogens is 316 g/mol. The zero-order valence-electron chi connectivity index (χ0n) is 11.4. The van der Waals surface area contributed by atoms with E-state index < -0.39 is 0 Å². The van der Waals surface area contributed by atoms with Crippen LogP contribution in [0.4, 0.5) is 5.69 Å². The average molecular weight is 331 g/mol. The van der Waals surface area contributed by atoms with Crippen molar-refractivity contribution in [2.24, 2.45) is 0 Å². The van der Waals surface area contributed by atoms with Crippen molar-refractivity contribution in [3.63, 3.8) is 0 Å². The van der Waals surface area contributed by atoms with Crippen LogP contribution in [-0.2, 0) is 6.54 Å². The van der Waals surface area contributed by atoms with Gasteiger partial charge in [0.1, 0.15) is 5.75 Å². The molecule has 0 aliphatic carbocycles. The van der Waals surface area contributed by atoms with Gasteiger partial charge in [0.05, 0.1) is 24.4 Å². The second-order valence-electron chi connectivity index (χ2n) is 4.45. The Balaban J connectivity index is 2.17. The minimum atomic E-state index is 0.685. The summed E-state index contributed by atoms with van der Waals surface area (Å²) >= 11 is 3.45. The largest absolute Gasteiger partial charge is 0.495 e. The van der Waals surface area contributed by atoms with Crippen molar-refractivity contribution in [1.82, 2.24) is 0 Å². The maximum Gasteiger partial charge on any atom is 0.142 e. The van der Waals surface area contributed by atoms with Crippen LogP contribution in [0.2, 0.25) is 0 Å². The van der Waals surface area contributed by atoms with E-state index in [1.54, 1.807) is 7.11 Å². The second kappa shape index (κ2) is 6.44. The third-order valence-corrected chi connectivity index (χ3v) is 3.60. The van der Waals surface area contributed by atoms with Gasteiger partial charge in [0.25, 0.3) is 0 Å². The van der Waals surface area contributed by atoms with Crippen molar-refractivity contribution in [3.05, 3.63) is 57.6 Å². The minimum Gasteiger partial charge on any atom is -0.495 e. The van der Waals surface area contributed by atoms with Crippen LogP contribution in [0.25, 0.3) is 0 Å². The highest BCUT2D eigenvalue weighted by Crippen LogP contribution is 2.28. The Morgan fingerprint density at radius 3 is 2.70 bits per heavy atom. The Hall–Kier alpha value is -1.99. The second-order valence-corrected chi connectivity index (χ2v) is 5.37. The highest BCUT2D eigenvalue weighted by molar-refractivity contribution is 9.10. The first-order chi connectivity index (χ1) is 9.63. The fourth-order valence-electron chi connectivity index (χ4n) is 1.97. The Kier molecular flexibility index (Phi) is 4.65. The molecule has 2 aromatic rings. The number of nitrogens with zero attached hydrogens (tertiary/aromatic N) is 1. The summed E-state index contributed by atoms with van der Waals surface area (Å²) in [5.74, 6) is 0.805. The summed E-state index contributed by atoms with van der Waals surface area (Å²) in [6, 6.07) is 13.7. The van der Waals surface area contributed by atoms with Gasteiger partial charge in [-0.05, 0) is 48.4 Å². The third kappa shape index (κ3) is 3.31. The molecule has 0 heterocycles. The molecule has 2 rings (SSSR count). The molecule has 102 valence electrons. The van der Waals surface area contributed by atoms with Gasteiger partial charge in [-0.25, -0.2) is 0 Å². The third-order valence-electron chi connectivity index (χ3n) is 3.10. The number of halogens is 1. The number of nitrogens with one attached hydrogen (secondary N) is 1. The standard InChI is InChI=1S/C16H15BrN2O/c1-11-7-12(9-18)3-4-13(11)10-19-15-8-14(17)5-6-16(15)20-2/h3-8,19H,10H2,1-2H3. The monoisotopic (exact) mass is 330 g/mol. The molecule has 0 amide bonds. The van der Waals surface area contributed by atoms with E-state index in [1.807, 2.05) is 43.3 Å². The van der Waals surface area contributed by atoms with Crippen molar-refractivity contribution in [2.45, 2.75) is 13.5 Å². The van der Waals surface area contributed by atoms with Gasteiger partial charge in [-0.1, -0.05) is 22.0 Å². The van der Waals surface area contributed by atoms with Gasteiger partial charge in [0.15, 0.2) is 0 Å². The molecule has 0 saturated carbocycles. The topological polar surface area (TPSA) is 45.0 Å². The van der Waals surface area contributed by atoms with Crippen LogP contribution in [0.3, 0.4) is 0 Å². The van der Waals surface area contributed by atoms with E-state index in [1.165, 1.54) is 0 Å². The SMILES string of the molecule is COc1ccc(Br)cc1NCc1ccc(C#N)cc1C. The fourth-order valence-corrected chi connectivity index (χ4v) is 2.33. The van der Waals surface area contributed by atoms with Crippen LogP contribution in [0.1, 0.15) is 16.7 Å². The molecule has 1 N–H and O–H groups in total. The number of methoxy groups -OCH3 is 1. The number of rotatable bonds is 4. The molecule has 2 aromatic carbocycles. The van der Waals surface area contributed by atoms with Gasteiger partial charge in [-0.15, -0.1) is 0 Å². The van der Waals surface area contributed by atoms with Crippen molar-refractivity contribution < 1.29 is 4.74 Å². The molecule has 0 unspecified atom stereocenters. The first-order valence-corrected chi connectivity index (χ1v) is 7.00. The number of aryl methyl sites for hydroxylation is 1. The fraction of sp³-hybridized carbons (Fsp3) is 0.188. The molecule has 3 nitrogen and oxygen atoms in total. The number of ether oxygens (including phenoxy) is 1. The lowest BCUT2D eigenvalue weighted by Crippen LogP contribution is -2.03. The van der Waals surface area contributed by atoms with E-state index in [9.17, 15) is 0 Å². The number of nitriles is 1. The van der Waals surface area contributed by atoms with Gasteiger partial charge < -0.3 is 10.1 Å². The van der Waals surface area contributed by atoms with Crippen LogP contribution in [-0.4, -0.2) is 7.11 Å². The van der Waals surface area contributed by atoms with Crippen molar-refractivity contribution in [1.29, 1.82) is 5.26 Å². The van der Waals surface area contributed by atoms with Crippen LogP contribution >= 0.6 is 15.9 Å². The van der Waals surface area contributed by atoms with Gasteiger partial charge >= 0.3 is 0 Å². The van der Waals surface area contributed by atoms with E-state index in [0.29, 0.717) is 12.1 Å². The van der Waals surface area contributed by atoms with E-state index >= 15 is 0 Å². The summed E-state index contributed by atoms with van der Waals surface area (Å²) in [5, 5.41) is 12.2. The maximum absolute atomic E-state index is 8.87. The molecule has 0 spiro atoms. The lowest BCUT2D eigenvalue weighted by atomic mass is 10.1. The Bertz CT molecular complexity index is 662. The molecule has 0 atom stereocenters. The van der Waals surface area contributed by atoms with Gasteiger partial charge in [0, 0.05) is 11.0 Å². The Morgan fingerprint density at radius 2 is 2.05 bits per heavy atom. The van der Waals surface area contributed by atoms with Crippen LogP contribution < -0.4 is 10.1 Å². The molecule has 0 bridgehead atoms. The maximum atomic E-state index is 8.87. The zero-order valence-corrected chi connectivity index (χ0v) is 13.0. The minimum absolute atomic E-state index is 0.685. The number of benzene rings is 2. The summed E-state index contributed by atoms with van der Waals surface area (Å²) < 4.78 is 6.33. The first kappa shape index (κ1) is 14.4. The molecule has 0 saturated heterocycles. The molecule has 0 fully saturated rings. The predicted octanol–water partition coefficient (Wildman–Crippen LogP) is 4.25. The lowest BCUT2D eigenvalue weighted by Gasteiger charge is -2.13. The first-order valence-electron chi connectivity index (χ1n) is 6.21. The smallest absolute Gasteiger partial charge is 0.142 e. The zero-order chi connectivity index (χ0) is 14.5. The van der Waals surface area contributed by atoms with Crippen LogP contribution in [0.15, 0.2) is 40.9 Å². The van der Waals surface area contributed by atoms with Crippen LogP contribution in [0.5, 0.6) is 5.75 Å². The normalized spacial score (nSPS) is 9.90. The molecule has 0 aliphatic heterocycles. The number of hydrogen-bond acceptors (Lipinski definition) is 3. The summed E-state index contributed by atoms with van der Waals surface area (Å²) in [4.78, 5) is 0. The average Bonchev–Trinajstić information content (AvgIpc) is 2.46. The lowest BCUT2D eigenvalue weighted by molar-refractivity contribution is 0.416. The van der Waals surface area contributed by atoms with Crippen molar-refractivity contribution in [2.75, 3.05) is 12.4 Å². The van der Waals surface area contributed by atoms with E-state index in [-0.39, 0.29) is 0 Å². The van der Waals surface area contributed by atoms with Crippen LogP contribution in [0, 0.1) is 18.3 Å². The highest BCUT2D eigenvalue weighted by Gasteiger charge is 2.05. The molecule has 20 heavy (non-hydrogen) atoms. The molecule has 0 aromatic heterocycles. The predicted molar refractivity (Wildman–Crippen MR) is 83.9 cm³/mol. The summed E-state index contributed by atoms with van der Waals surface area (Å²) in [7, 11) is 1.65. The van der Waals surface area contributed by atoms with Gasteiger partial charge in [0.2, 0.25) is 0 Å². The van der Waals surface area contributed by atoms with E-state index in [0.717, 1.165) is 27.0 Å². The Morgan fingerprint density at radius 1 is 1.25 bits per heavy atom. The van der Waals surface area contributed by atoms with Crippen molar-refractivity contribution in [3.8, 4) is 11.8 Å². The molecule has 0 radical (unpaired) electrons. The quantitative estimate of drug-likeness (QED) is 0.911.